The molecule has 5 nitrogen and oxygen atoms in total. The normalized spacial score (nSPS) is 21.0. The number of amides is 1. The predicted molar refractivity (Wildman–Crippen MR) is 90.7 cm³/mol. The van der Waals surface area contributed by atoms with Crippen LogP contribution in [0.5, 0.6) is 0 Å². The molecule has 0 aromatic carbocycles. The van der Waals surface area contributed by atoms with Crippen LogP contribution in [-0.4, -0.2) is 39.5 Å². The third-order valence-electron chi connectivity index (χ3n) is 4.80. The molecular formula is C18H24N4O. The molecule has 1 amide bonds. The van der Waals surface area contributed by atoms with Gasteiger partial charge in [0.15, 0.2) is 0 Å². The first-order valence-electron chi connectivity index (χ1n) is 8.14. The Bertz CT molecular complexity index is 707. The third-order valence-corrected chi connectivity index (χ3v) is 4.80. The van der Waals surface area contributed by atoms with Gasteiger partial charge < -0.3 is 15.2 Å². The molecule has 2 N–H and O–H groups in total. The SMILES string of the molecule is Cc1cc(C(=O)N2CC(CN)CC2C)c(C)n1-c1ccccn1. The minimum absolute atomic E-state index is 0.101. The second-order valence-corrected chi connectivity index (χ2v) is 6.45. The number of nitrogens with two attached hydrogens (primary N) is 1. The number of aromatic nitrogens is 2. The van der Waals surface area contributed by atoms with Crippen LogP contribution in [0.1, 0.15) is 35.1 Å². The van der Waals surface area contributed by atoms with Gasteiger partial charge in [-0.3, -0.25) is 4.79 Å². The van der Waals surface area contributed by atoms with Crippen molar-refractivity contribution in [1.82, 2.24) is 14.5 Å². The summed E-state index contributed by atoms with van der Waals surface area (Å²) in [6, 6.07) is 8.01. The molecule has 1 aliphatic rings. The zero-order valence-corrected chi connectivity index (χ0v) is 14.0. The Morgan fingerprint density at radius 2 is 2.17 bits per heavy atom. The average molecular weight is 312 g/mol. The van der Waals surface area contributed by atoms with Gasteiger partial charge in [0.2, 0.25) is 0 Å². The standard InChI is InChI=1S/C18H24N4O/c1-12-8-15(10-19)11-21(12)18(23)16-9-13(2)22(14(16)3)17-6-4-5-7-20-17/h4-7,9,12,15H,8,10-11,19H2,1-3H3. The fraction of sp³-hybridized carbons (Fsp3) is 0.444. The molecule has 2 unspecified atom stereocenters. The van der Waals surface area contributed by atoms with Gasteiger partial charge in [0.25, 0.3) is 5.91 Å². The Kier molecular flexibility index (Phi) is 4.22. The smallest absolute Gasteiger partial charge is 0.255 e. The first-order chi connectivity index (χ1) is 11.0. The number of aryl methyl sites for hydroxylation is 1. The highest BCUT2D eigenvalue weighted by Crippen LogP contribution is 2.27. The van der Waals surface area contributed by atoms with Crippen LogP contribution in [0.15, 0.2) is 30.5 Å². The fourth-order valence-electron chi connectivity index (χ4n) is 3.57. The van der Waals surface area contributed by atoms with Gasteiger partial charge in [-0.25, -0.2) is 4.98 Å². The molecule has 1 saturated heterocycles. The van der Waals surface area contributed by atoms with Crippen molar-refractivity contribution in [3.8, 4) is 5.82 Å². The third kappa shape index (κ3) is 2.77. The summed E-state index contributed by atoms with van der Waals surface area (Å²) < 4.78 is 2.04. The van der Waals surface area contributed by atoms with Gasteiger partial charge in [-0.05, 0) is 57.9 Å². The molecule has 1 fully saturated rings. The van der Waals surface area contributed by atoms with Crippen molar-refractivity contribution in [3.63, 3.8) is 0 Å². The molecule has 1 aliphatic heterocycles. The van der Waals surface area contributed by atoms with Crippen LogP contribution in [0.25, 0.3) is 5.82 Å². The molecule has 0 spiro atoms. The molecular weight excluding hydrogens is 288 g/mol. The highest BCUT2D eigenvalue weighted by Gasteiger charge is 2.33. The molecule has 2 atom stereocenters. The molecule has 2 aromatic rings. The number of hydrogen-bond donors (Lipinski definition) is 1. The number of likely N-dealkylation sites (tertiary alicyclic amines) is 1. The highest BCUT2D eigenvalue weighted by molar-refractivity contribution is 5.96. The lowest BCUT2D eigenvalue weighted by atomic mass is 10.1. The van der Waals surface area contributed by atoms with Crippen LogP contribution >= 0.6 is 0 Å². The van der Waals surface area contributed by atoms with Crippen molar-refractivity contribution in [2.24, 2.45) is 11.7 Å². The Hall–Kier alpha value is -2.14. The van der Waals surface area contributed by atoms with Crippen molar-refractivity contribution >= 4 is 5.91 Å². The summed E-state index contributed by atoms with van der Waals surface area (Å²) in [5, 5.41) is 0. The summed E-state index contributed by atoms with van der Waals surface area (Å²) in [7, 11) is 0. The Labute approximate surface area is 137 Å². The summed E-state index contributed by atoms with van der Waals surface area (Å²) in [4.78, 5) is 19.4. The van der Waals surface area contributed by atoms with Crippen molar-refractivity contribution in [2.45, 2.75) is 33.2 Å². The van der Waals surface area contributed by atoms with Crippen LogP contribution in [0.2, 0.25) is 0 Å². The molecule has 0 aliphatic carbocycles. The lowest BCUT2D eigenvalue weighted by Gasteiger charge is -2.21. The summed E-state index contributed by atoms with van der Waals surface area (Å²) in [6.07, 6.45) is 2.76. The number of pyridine rings is 1. The Balaban J connectivity index is 1.94. The lowest BCUT2D eigenvalue weighted by molar-refractivity contribution is 0.0742. The van der Waals surface area contributed by atoms with E-state index < -0.39 is 0 Å². The number of hydrogen-bond acceptors (Lipinski definition) is 3. The molecule has 0 bridgehead atoms. The molecule has 3 heterocycles. The minimum Gasteiger partial charge on any atom is -0.336 e. The molecule has 122 valence electrons. The van der Waals surface area contributed by atoms with Gasteiger partial charge in [-0.1, -0.05) is 6.07 Å². The van der Waals surface area contributed by atoms with Gasteiger partial charge >= 0.3 is 0 Å². The van der Waals surface area contributed by atoms with Gasteiger partial charge in [-0.2, -0.15) is 0 Å². The maximum absolute atomic E-state index is 13.0. The Morgan fingerprint density at radius 3 is 2.78 bits per heavy atom. The van der Waals surface area contributed by atoms with Crippen LogP contribution in [0, 0.1) is 19.8 Å². The van der Waals surface area contributed by atoms with E-state index in [1.807, 2.05) is 47.6 Å². The van der Waals surface area contributed by atoms with Crippen LogP contribution in [0.3, 0.4) is 0 Å². The van der Waals surface area contributed by atoms with Crippen LogP contribution < -0.4 is 5.73 Å². The average Bonchev–Trinajstić information content (AvgIpc) is 3.07. The lowest BCUT2D eigenvalue weighted by Crippen LogP contribution is -2.34. The second-order valence-electron chi connectivity index (χ2n) is 6.45. The molecule has 23 heavy (non-hydrogen) atoms. The zero-order chi connectivity index (χ0) is 16.6. The molecule has 0 saturated carbocycles. The van der Waals surface area contributed by atoms with E-state index in [-0.39, 0.29) is 11.9 Å². The van der Waals surface area contributed by atoms with Crippen molar-refractivity contribution in [2.75, 3.05) is 13.1 Å². The van der Waals surface area contributed by atoms with Gasteiger partial charge in [0.1, 0.15) is 5.82 Å². The minimum atomic E-state index is 0.101. The highest BCUT2D eigenvalue weighted by atomic mass is 16.2. The summed E-state index contributed by atoms with van der Waals surface area (Å²) >= 11 is 0. The first kappa shape index (κ1) is 15.7. The van der Waals surface area contributed by atoms with E-state index in [9.17, 15) is 4.79 Å². The van der Waals surface area contributed by atoms with Crippen LogP contribution in [-0.2, 0) is 0 Å². The monoisotopic (exact) mass is 312 g/mol. The van der Waals surface area contributed by atoms with E-state index in [1.54, 1.807) is 6.20 Å². The molecule has 5 heteroatoms. The van der Waals surface area contributed by atoms with E-state index in [1.165, 1.54) is 0 Å². The van der Waals surface area contributed by atoms with E-state index in [4.69, 9.17) is 5.73 Å². The number of nitrogens with zero attached hydrogens (tertiary/aromatic N) is 3. The van der Waals surface area contributed by atoms with Gasteiger partial charge in [-0.15, -0.1) is 0 Å². The number of carbonyl (C=O) groups is 1. The van der Waals surface area contributed by atoms with Crippen molar-refractivity contribution in [3.05, 3.63) is 47.4 Å². The number of rotatable bonds is 3. The molecule has 0 radical (unpaired) electrons. The molecule has 3 rings (SSSR count). The Morgan fingerprint density at radius 1 is 1.39 bits per heavy atom. The zero-order valence-electron chi connectivity index (χ0n) is 14.0. The van der Waals surface area contributed by atoms with Gasteiger partial charge in [0, 0.05) is 30.2 Å². The van der Waals surface area contributed by atoms with Crippen molar-refractivity contribution in [1.29, 1.82) is 0 Å². The number of carbonyl (C=O) groups excluding carboxylic acids is 1. The second kappa shape index (κ2) is 6.16. The largest absolute Gasteiger partial charge is 0.336 e. The topological polar surface area (TPSA) is 64.2 Å². The summed E-state index contributed by atoms with van der Waals surface area (Å²) in [5.41, 5.74) is 8.50. The quantitative estimate of drug-likeness (QED) is 0.946. The van der Waals surface area contributed by atoms with E-state index in [0.717, 1.165) is 35.7 Å². The first-order valence-corrected chi connectivity index (χ1v) is 8.14. The maximum atomic E-state index is 13.0. The molecule has 2 aromatic heterocycles. The van der Waals surface area contributed by atoms with E-state index >= 15 is 0 Å². The van der Waals surface area contributed by atoms with E-state index in [0.29, 0.717) is 12.5 Å². The summed E-state index contributed by atoms with van der Waals surface area (Å²) in [5.74, 6) is 1.35. The van der Waals surface area contributed by atoms with Gasteiger partial charge in [0.05, 0.1) is 5.56 Å². The maximum Gasteiger partial charge on any atom is 0.255 e. The van der Waals surface area contributed by atoms with E-state index in [2.05, 4.69) is 11.9 Å². The van der Waals surface area contributed by atoms with Crippen molar-refractivity contribution < 1.29 is 4.79 Å². The summed E-state index contributed by atoms with van der Waals surface area (Å²) in [6.45, 7) is 7.49. The van der Waals surface area contributed by atoms with Crippen LogP contribution in [0.4, 0.5) is 0 Å². The predicted octanol–water partition coefficient (Wildman–Crippen LogP) is 2.30. The fourth-order valence-corrected chi connectivity index (χ4v) is 3.57.